The number of hydrogen-bond acceptors (Lipinski definition) is 2. The lowest BCUT2D eigenvalue weighted by molar-refractivity contribution is 0.287. The normalized spacial score (nSPS) is 14.2. The van der Waals surface area contributed by atoms with Gasteiger partial charge in [-0.1, -0.05) is 24.3 Å². The van der Waals surface area contributed by atoms with Crippen LogP contribution in [0.25, 0.3) is 0 Å². The van der Waals surface area contributed by atoms with Crippen LogP contribution in [0.15, 0.2) is 42.5 Å². The smallest absolute Gasteiger partial charge is 0.165 e. The fourth-order valence-corrected chi connectivity index (χ4v) is 2.16. The van der Waals surface area contributed by atoms with Gasteiger partial charge in [0.15, 0.2) is 11.6 Å². The molecule has 1 aliphatic rings. The fourth-order valence-electron chi connectivity index (χ4n) is 2.16. The Hall–Kier alpha value is -1.94. The van der Waals surface area contributed by atoms with Crippen molar-refractivity contribution in [3.05, 3.63) is 65.2 Å². The van der Waals surface area contributed by atoms with Crippen molar-refractivity contribution in [2.24, 2.45) is 0 Å². The molecule has 3 rings (SSSR count). The number of benzene rings is 2. The molecule has 0 atom stereocenters. The maximum atomic E-state index is 13.5. The van der Waals surface area contributed by atoms with Crippen LogP contribution in [0.3, 0.4) is 0 Å². The molecule has 0 spiro atoms. The van der Waals surface area contributed by atoms with E-state index in [9.17, 15) is 8.78 Å². The summed E-state index contributed by atoms with van der Waals surface area (Å²) in [6.07, 6.45) is 2.46. The summed E-state index contributed by atoms with van der Waals surface area (Å²) in [6, 6.07) is 11.7. The standard InChI is InChI=1S/C17H17F2NO/c18-14-5-8-16(19)17(9-14)21-11-13-4-2-1-3-12(13)10-20-15-6-7-15/h1-5,8-9,15,20H,6-7,10-11H2. The summed E-state index contributed by atoms with van der Waals surface area (Å²) in [6.45, 7) is 0.999. The second kappa shape index (κ2) is 6.22. The molecule has 0 bridgehead atoms. The Labute approximate surface area is 122 Å². The quantitative estimate of drug-likeness (QED) is 0.873. The van der Waals surface area contributed by atoms with Crippen molar-refractivity contribution in [3.63, 3.8) is 0 Å². The zero-order valence-corrected chi connectivity index (χ0v) is 11.6. The van der Waals surface area contributed by atoms with Crippen molar-refractivity contribution in [3.8, 4) is 5.75 Å². The minimum Gasteiger partial charge on any atom is -0.486 e. The molecule has 2 aromatic carbocycles. The predicted molar refractivity (Wildman–Crippen MR) is 77.0 cm³/mol. The lowest BCUT2D eigenvalue weighted by Gasteiger charge is -2.12. The maximum Gasteiger partial charge on any atom is 0.165 e. The molecule has 1 saturated carbocycles. The summed E-state index contributed by atoms with van der Waals surface area (Å²) in [5.74, 6) is -1.11. The second-order valence-electron chi connectivity index (χ2n) is 5.29. The maximum absolute atomic E-state index is 13.5. The van der Waals surface area contributed by atoms with Crippen molar-refractivity contribution in [2.75, 3.05) is 0 Å². The Bertz CT molecular complexity index is 626. The van der Waals surface area contributed by atoms with E-state index in [2.05, 4.69) is 5.32 Å². The summed E-state index contributed by atoms with van der Waals surface area (Å²) in [7, 11) is 0. The van der Waals surface area contributed by atoms with Crippen LogP contribution >= 0.6 is 0 Å². The molecule has 1 aliphatic carbocycles. The molecular weight excluding hydrogens is 272 g/mol. The van der Waals surface area contributed by atoms with Gasteiger partial charge >= 0.3 is 0 Å². The summed E-state index contributed by atoms with van der Waals surface area (Å²) < 4.78 is 32.1. The molecule has 0 heterocycles. The zero-order chi connectivity index (χ0) is 14.7. The van der Waals surface area contributed by atoms with Crippen molar-refractivity contribution in [1.29, 1.82) is 0 Å². The van der Waals surface area contributed by atoms with Crippen LogP contribution in [0.2, 0.25) is 0 Å². The molecule has 110 valence electrons. The van der Waals surface area contributed by atoms with Crippen LogP contribution in [0.1, 0.15) is 24.0 Å². The van der Waals surface area contributed by atoms with Crippen LogP contribution in [-0.2, 0) is 13.2 Å². The third-order valence-corrected chi connectivity index (χ3v) is 3.55. The summed E-state index contributed by atoms with van der Waals surface area (Å²) in [4.78, 5) is 0. The van der Waals surface area contributed by atoms with Crippen LogP contribution in [0, 0.1) is 11.6 Å². The first kappa shape index (κ1) is 14.0. The van der Waals surface area contributed by atoms with E-state index in [0.29, 0.717) is 6.04 Å². The van der Waals surface area contributed by atoms with Gasteiger partial charge in [-0.3, -0.25) is 0 Å². The van der Waals surface area contributed by atoms with Gasteiger partial charge in [-0.05, 0) is 36.1 Å². The number of hydrogen-bond donors (Lipinski definition) is 1. The van der Waals surface area contributed by atoms with Crippen molar-refractivity contribution < 1.29 is 13.5 Å². The first-order chi connectivity index (χ1) is 10.2. The van der Waals surface area contributed by atoms with Gasteiger partial charge in [0, 0.05) is 18.7 Å². The highest BCUT2D eigenvalue weighted by molar-refractivity contribution is 5.29. The van der Waals surface area contributed by atoms with Crippen LogP contribution < -0.4 is 10.1 Å². The largest absolute Gasteiger partial charge is 0.486 e. The third-order valence-electron chi connectivity index (χ3n) is 3.55. The lowest BCUT2D eigenvalue weighted by atomic mass is 10.1. The predicted octanol–water partition coefficient (Wildman–Crippen LogP) is 3.80. The molecule has 1 fully saturated rings. The summed E-state index contributed by atoms with van der Waals surface area (Å²) >= 11 is 0. The monoisotopic (exact) mass is 289 g/mol. The molecule has 2 nitrogen and oxygen atoms in total. The Morgan fingerprint density at radius 2 is 1.81 bits per heavy atom. The van der Waals surface area contributed by atoms with Crippen molar-refractivity contribution in [1.82, 2.24) is 5.32 Å². The Balaban J connectivity index is 1.67. The van der Waals surface area contributed by atoms with E-state index in [4.69, 9.17) is 4.74 Å². The molecular formula is C17H17F2NO. The number of ether oxygens (including phenoxy) is 1. The lowest BCUT2D eigenvalue weighted by Crippen LogP contribution is -2.17. The van der Waals surface area contributed by atoms with Crippen LogP contribution in [0.4, 0.5) is 8.78 Å². The summed E-state index contributed by atoms with van der Waals surface area (Å²) in [5, 5.41) is 3.44. The molecule has 0 saturated heterocycles. The number of rotatable bonds is 6. The van der Waals surface area contributed by atoms with Gasteiger partial charge in [-0.2, -0.15) is 0 Å². The average molecular weight is 289 g/mol. The van der Waals surface area contributed by atoms with Gasteiger partial charge in [0.2, 0.25) is 0 Å². The van der Waals surface area contributed by atoms with Crippen molar-refractivity contribution in [2.45, 2.75) is 32.0 Å². The minimum absolute atomic E-state index is 0.0556. The van der Waals surface area contributed by atoms with Crippen LogP contribution in [0.5, 0.6) is 5.75 Å². The number of nitrogens with one attached hydrogen (secondary N) is 1. The second-order valence-corrected chi connectivity index (χ2v) is 5.29. The van der Waals surface area contributed by atoms with Gasteiger partial charge in [0.1, 0.15) is 12.4 Å². The van der Waals surface area contributed by atoms with E-state index in [0.717, 1.165) is 35.9 Å². The molecule has 0 aliphatic heterocycles. The first-order valence-corrected chi connectivity index (χ1v) is 7.10. The van der Waals surface area contributed by atoms with E-state index in [1.54, 1.807) is 0 Å². The molecule has 1 N–H and O–H groups in total. The molecule has 0 radical (unpaired) electrons. The van der Waals surface area contributed by atoms with Gasteiger partial charge in [0.05, 0.1) is 0 Å². The average Bonchev–Trinajstić information content (AvgIpc) is 3.31. The highest BCUT2D eigenvalue weighted by Crippen LogP contribution is 2.22. The molecule has 0 amide bonds. The first-order valence-electron chi connectivity index (χ1n) is 7.10. The minimum atomic E-state index is -0.551. The molecule has 0 unspecified atom stereocenters. The summed E-state index contributed by atoms with van der Waals surface area (Å²) in [5.41, 5.74) is 2.11. The SMILES string of the molecule is Fc1ccc(F)c(OCc2ccccc2CNC2CC2)c1. The molecule has 21 heavy (non-hydrogen) atoms. The third kappa shape index (κ3) is 3.79. The Morgan fingerprint density at radius 1 is 1.05 bits per heavy atom. The van der Waals surface area contributed by atoms with Crippen molar-refractivity contribution >= 4 is 0 Å². The number of halogens is 2. The Morgan fingerprint density at radius 3 is 2.57 bits per heavy atom. The van der Waals surface area contributed by atoms with Gasteiger partial charge in [-0.15, -0.1) is 0 Å². The zero-order valence-electron chi connectivity index (χ0n) is 11.6. The van der Waals surface area contributed by atoms with Gasteiger partial charge < -0.3 is 10.1 Å². The molecule has 0 aromatic heterocycles. The van der Waals surface area contributed by atoms with Gasteiger partial charge in [-0.25, -0.2) is 8.78 Å². The van der Waals surface area contributed by atoms with E-state index in [1.807, 2.05) is 24.3 Å². The molecule has 4 heteroatoms. The van der Waals surface area contributed by atoms with E-state index in [1.165, 1.54) is 12.8 Å². The fraction of sp³-hybridized carbons (Fsp3) is 0.294. The van der Waals surface area contributed by atoms with Crippen LogP contribution in [-0.4, -0.2) is 6.04 Å². The van der Waals surface area contributed by atoms with E-state index in [-0.39, 0.29) is 12.4 Å². The highest BCUT2D eigenvalue weighted by atomic mass is 19.1. The van der Waals surface area contributed by atoms with Gasteiger partial charge in [0.25, 0.3) is 0 Å². The Kier molecular flexibility index (Phi) is 4.15. The van der Waals surface area contributed by atoms with E-state index < -0.39 is 11.6 Å². The highest BCUT2D eigenvalue weighted by Gasteiger charge is 2.20. The molecule has 2 aromatic rings. The topological polar surface area (TPSA) is 21.3 Å². The van der Waals surface area contributed by atoms with E-state index >= 15 is 0 Å².